The van der Waals surface area contributed by atoms with Crippen molar-refractivity contribution in [3.8, 4) is 0 Å². The molecule has 12 heavy (non-hydrogen) atoms. The van der Waals surface area contributed by atoms with E-state index in [1.54, 1.807) is 6.92 Å². The topological polar surface area (TPSA) is 26.3 Å². The molecule has 0 N–H and O–H groups in total. The third-order valence-electron chi connectivity index (χ3n) is 1.17. The van der Waals surface area contributed by atoms with E-state index in [-0.39, 0.29) is 5.88 Å². The number of carbonyl (C=O) groups is 1. The van der Waals surface area contributed by atoms with Crippen LogP contribution in [0.2, 0.25) is 0 Å². The molecule has 0 aromatic heterocycles. The van der Waals surface area contributed by atoms with Gasteiger partial charge in [-0.3, -0.25) is 4.79 Å². The normalized spacial score (nSPS) is 11.6. The first-order valence-electron chi connectivity index (χ1n) is 3.42. The Bertz CT molecular complexity index is 207. The fourth-order valence-corrected chi connectivity index (χ4v) is 1.11. The summed E-state index contributed by atoms with van der Waals surface area (Å²) in [5, 5.41) is -0.861. The number of hydrogen-bond donors (Lipinski definition) is 0. The summed E-state index contributed by atoms with van der Waals surface area (Å²) < 4.78 is 4.67. The van der Waals surface area contributed by atoms with Gasteiger partial charge < -0.3 is 4.74 Å². The van der Waals surface area contributed by atoms with Gasteiger partial charge in [-0.2, -0.15) is 0 Å². The molecule has 4 heteroatoms. The Kier molecular flexibility index (Phi) is 5.91. The van der Waals surface area contributed by atoms with Crippen molar-refractivity contribution in [2.75, 3.05) is 12.5 Å². The summed E-state index contributed by atoms with van der Waals surface area (Å²) in [6.45, 7) is 5.36. The largest absolute Gasteiger partial charge is 0.465 e. The Hall–Kier alpha value is -0.430. The predicted molar refractivity (Wildman–Crippen MR) is 49.6 cm³/mol. The van der Waals surface area contributed by atoms with Gasteiger partial charge in [-0.25, -0.2) is 0 Å². The van der Waals surface area contributed by atoms with Crippen LogP contribution in [0.25, 0.3) is 0 Å². The van der Waals surface area contributed by atoms with E-state index >= 15 is 0 Å². The number of ether oxygens (including phenoxy) is 1. The first-order valence-corrected chi connectivity index (χ1v) is 4.39. The number of hydrogen-bond acceptors (Lipinski definition) is 2. The molecule has 0 aliphatic rings. The van der Waals surface area contributed by atoms with Crippen molar-refractivity contribution in [1.82, 2.24) is 0 Å². The van der Waals surface area contributed by atoms with E-state index in [4.69, 9.17) is 23.2 Å². The maximum Gasteiger partial charge on any atom is 0.328 e. The van der Waals surface area contributed by atoms with Crippen LogP contribution in [-0.2, 0) is 9.53 Å². The summed E-state index contributed by atoms with van der Waals surface area (Å²) in [7, 11) is 0. The molecule has 1 atom stereocenters. The molecule has 0 spiro atoms. The highest BCUT2D eigenvalue weighted by Gasteiger charge is 2.20. The number of alkyl halides is 2. The molecule has 0 saturated carbocycles. The zero-order valence-electron chi connectivity index (χ0n) is 6.77. The Morgan fingerprint density at radius 1 is 1.75 bits per heavy atom. The van der Waals surface area contributed by atoms with Crippen molar-refractivity contribution < 1.29 is 9.53 Å². The Morgan fingerprint density at radius 3 is 2.67 bits per heavy atom. The van der Waals surface area contributed by atoms with Gasteiger partial charge in [0.15, 0.2) is 5.38 Å². The van der Waals surface area contributed by atoms with Crippen molar-refractivity contribution in [2.45, 2.75) is 12.3 Å². The van der Waals surface area contributed by atoms with Gasteiger partial charge in [-0.15, -0.1) is 28.9 Å². The van der Waals surface area contributed by atoms with Crippen LogP contribution in [0.4, 0.5) is 0 Å². The fraction of sp³-hybridized carbons (Fsp3) is 0.500. The van der Waals surface area contributed by atoms with Gasteiger partial charge in [0, 0.05) is 5.57 Å². The minimum Gasteiger partial charge on any atom is -0.465 e. The molecule has 0 radical (unpaired) electrons. The van der Waals surface area contributed by atoms with Crippen LogP contribution in [-0.4, -0.2) is 23.8 Å². The lowest BCUT2D eigenvalue weighted by molar-refractivity contribution is -0.141. The van der Waals surface area contributed by atoms with E-state index in [1.165, 1.54) is 0 Å². The van der Waals surface area contributed by atoms with Gasteiger partial charge >= 0.3 is 5.97 Å². The second-order valence-corrected chi connectivity index (χ2v) is 2.65. The summed E-state index contributed by atoms with van der Waals surface area (Å²) in [5.74, 6) is -0.373. The fourth-order valence-electron chi connectivity index (χ4n) is 0.562. The second-order valence-electron chi connectivity index (χ2n) is 1.95. The van der Waals surface area contributed by atoms with Gasteiger partial charge in [0.05, 0.1) is 12.5 Å². The highest BCUT2D eigenvalue weighted by molar-refractivity contribution is 6.33. The highest BCUT2D eigenvalue weighted by atomic mass is 35.5. The number of esters is 1. The Labute approximate surface area is 81.8 Å². The number of halogens is 2. The van der Waals surface area contributed by atoms with Gasteiger partial charge in [-0.05, 0) is 6.92 Å². The molecule has 2 nitrogen and oxygen atoms in total. The van der Waals surface area contributed by atoms with Crippen LogP contribution < -0.4 is 0 Å². The summed E-state index contributed by atoms with van der Waals surface area (Å²) in [5.41, 5.74) is 2.93. The van der Waals surface area contributed by atoms with Gasteiger partial charge in [-0.1, -0.05) is 6.58 Å². The van der Waals surface area contributed by atoms with Gasteiger partial charge in [0.1, 0.15) is 0 Å². The van der Waals surface area contributed by atoms with Gasteiger partial charge in [0.25, 0.3) is 0 Å². The summed E-state index contributed by atoms with van der Waals surface area (Å²) >= 11 is 11.2. The molecule has 0 aromatic carbocycles. The van der Waals surface area contributed by atoms with Gasteiger partial charge in [0.2, 0.25) is 0 Å². The predicted octanol–water partition coefficient (Wildman–Crippen LogP) is 2.11. The van der Waals surface area contributed by atoms with Crippen molar-refractivity contribution in [3.05, 3.63) is 17.9 Å². The molecular weight excluding hydrogens is 199 g/mol. The van der Waals surface area contributed by atoms with E-state index < -0.39 is 11.3 Å². The molecule has 0 heterocycles. The zero-order valence-corrected chi connectivity index (χ0v) is 8.28. The second kappa shape index (κ2) is 6.13. The van der Waals surface area contributed by atoms with E-state index in [0.717, 1.165) is 0 Å². The first kappa shape index (κ1) is 11.6. The Balaban J connectivity index is 4.27. The zero-order chi connectivity index (χ0) is 9.56. The first-order chi connectivity index (χ1) is 5.67. The molecule has 0 rings (SSSR count). The van der Waals surface area contributed by atoms with Crippen LogP contribution in [0.1, 0.15) is 6.92 Å². The molecule has 0 aliphatic heterocycles. The average Bonchev–Trinajstić information content (AvgIpc) is 2.07. The lowest BCUT2D eigenvalue weighted by atomic mass is 10.2. The maximum absolute atomic E-state index is 11.0. The third-order valence-corrected chi connectivity index (χ3v) is 1.90. The summed E-state index contributed by atoms with van der Waals surface area (Å²) in [4.78, 5) is 11.0. The van der Waals surface area contributed by atoms with E-state index in [9.17, 15) is 4.79 Å². The molecule has 0 bridgehead atoms. The van der Waals surface area contributed by atoms with Crippen molar-refractivity contribution >= 4 is 29.2 Å². The van der Waals surface area contributed by atoms with Crippen molar-refractivity contribution in [3.63, 3.8) is 0 Å². The number of rotatable bonds is 4. The lowest BCUT2D eigenvalue weighted by Crippen LogP contribution is -2.20. The lowest BCUT2D eigenvalue weighted by Gasteiger charge is -2.07. The van der Waals surface area contributed by atoms with Crippen LogP contribution in [0.15, 0.2) is 17.9 Å². The highest BCUT2D eigenvalue weighted by Crippen LogP contribution is 2.11. The monoisotopic (exact) mass is 208 g/mol. The molecule has 0 aliphatic carbocycles. The standard InChI is InChI=1S/C8H10Cl2O2/c1-3-6(5-9)7(10)8(11)12-4-2/h7H,1,4-5H2,2H3. The van der Waals surface area contributed by atoms with Crippen molar-refractivity contribution in [1.29, 1.82) is 0 Å². The quantitative estimate of drug-likeness (QED) is 0.402. The minimum absolute atomic E-state index is 0.135. The van der Waals surface area contributed by atoms with E-state index in [2.05, 4.69) is 17.0 Å². The molecule has 68 valence electrons. The van der Waals surface area contributed by atoms with Crippen LogP contribution in [0.3, 0.4) is 0 Å². The maximum atomic E-state index is 11.0. The molecule has 0 aromatic rings. The van der Waals surface area contributed by atoms with Crippen LogP contribution in [0.5, 0.6) is 0 Å². The average molecular weight is 209 g/mol. The third kappa shape index (κ3) is 3.31. The molecule has 0 amide bonds. The number of carbonyl (C=O) groups excluding carboxylic acids is 1. The molecule has 0 saturated heterocycles. The van der Waals surface area contributed by atoms with E-state index in [0.29, 0.717) is 12.2 Å². The summed E-state index contributed by atoms with van der Waals surface area (Å²) in [6, 6.07) is 0. The minimum atomic E-state index is -0.861. The Morgan fingerprint density at radius 2 is 2.33 bits per heavy atom. The molecule has 0 fully saturated rings. The van der Waals surface area contributed by atoms with E-state index in [1.807, 2.05) is 0 Å². The molecule has 1 unspecified atom stereocenters. The smallest absolute Gasteiger partial charge is 0.328 e. The van der Waals surface area contributed by atoms with Crippen molar-refractivity contribution in [2.24, 2.45) is 0 Å². The van der Waals surface area contributed by atoms with Crippen LogP contribution >= 0.6 is 23.2 Å². The summed E-state index contributed by atoms with van der Waals surface area (Å²) in [6.07, 6.45) is 0. The molecular formula is C8H10Cl2O2. The van der Waals surface area contributed by atoms with Crippen LogP contribution in [0, 0.1) is 0 Å². The SMILES string of the molecule is C=C=C(CCl)C(Cl)C(=O)OCC.